The number of nitrogens with one attached hydrogen (secondary N) is 1. The van der Waals surface area contributed by atoms with Crippen molar-refractivity contribution in [3.63, 3.8) is 0 Å². The van der Waals surface area contributed by atoms with Gasteiger partial charge in [-0.1, -0.05) is 29.8 Å². The molecule has 0 heterocycles. The molecule has 0 aliphatic heterocycles. The van der Waals surface area contributed by atoms with Gasteiger partial charge in [0.2, 0.25) is 5.91 Å². The average Bonchev–Trinajstić information content (AvgIpc) is 2.29. The van der Waals surface area contributed by atoms with Crippen LogP contribution < -0.4 is 11.1 Å². The lowest BCUT2D eigenvalue weighted by Crippen LogP contribution is -2.29. The van der Waals surface area contributed by atoms with Crippen molar-refractivity contribution in [3.8, 4) is 0 Å². The fourth-order valence-corrected chi connectivity index (χ4v) is 1.47. The van der Waals surface area contributed by atoms with E-state index in [1.807, 2.05) is 38.1 Å². The standard InChI is InChI=1S/C13H20N2O/c1-10-4-6-12(7-5-10)11(2)13(16)15-9-3-8-14/h4-7,11H,3,8-9,14H2,1-2H3,(H,15,16). The quantitative estimate of drug-likeness (QED) is 0.740. The van der Waals surface area contributed by atoms with Crippen molar-refractivity contribution in [2.75, 3.05) is 13.1 Å². The maximum Gasteiger partial charge on any atom is 0.227 e. The van der Waals surface area contributed by atoms with Gasteiger partial charge in [-0.2, -0.15) is 0 Å². The topological polar surface area (TPSA) is 55.1 Å². The number of hydrogen-bond donors (Lipinski definition) is 2. The number of rotatable bonds is 5. The largest absolute Gasteiger partial charge is 0.356 e. The van der Waals surface area contributed by atoms with Crippen LogP contribution in [0.5, 0.6) is 0 Å². The zero-order valence-corrected chi connectivity index (χ0v) is 9.99. The number of amides is 1. The SMILES string of the molecule is Cc1ccc(C(C)C(=O)NCCCN)cc1. The number of carbonyl (C=O) groups excluding carboxylic acids is 1. The third-order valence-electron chi connectivity index (χ3n) is 2.65. The number of carbonyl (C=O) groups is 1. The van der Waals surface area contributed by atoms with Gasteiger partial charge in [0.1, 0.15) is 0 Å². The van der Waals surface area contributed by atoms with E-state index < -0.39 is 0 Å². The molecule has 0 spiro atoms. The lowest BCUT2D eigenvalue weighted by molar-refractivity contribution is -0.122. The summed E-state index contributed by atoms with van der Waals surface area (Å²) in [7, 11) is 0. The Hall–Kier alpha value is -1.35. The predicted octanol–water partition coefficient (Wildman–Crippen LogP) is 1.56. The second-order valence-corrected chi connectivity index (χ2v) is 4.07. The van der Waals surface area contributed by atoms with Crippen LogP contribution in [0.2, 0.25) is 0 Å². The van der Waals surface area contributed by atoms with Crippen LogP contribution in [0.3, 0.4) is 0 Å². The summed E-state index contributed by atoms with van der Waals surface area (Å²) in [6, 6.07) is 8.06. The molecule has 1 aromatic rings. The molecule has 0 bridgehead atoms. The van der Waals surface area contributed by atoms with Crippen LogP contribution in [0, 0.1) is 6.92 Å². The highest BCUT2D eigenvalue weighted by Gasteiger charge is 2.13. The monoisotopic (exact) mass is 220 g/mol. The van der Waals surface area contributed by atoms with E-state index in [1.165, 1.54) is 5.56 Å². The lowest BCUT2D eigenvalue weighted by atomic mass is 9.99. The molecule has 0 fully saturated rings. The summed E-state index contributed by atoms with van der Waals surface area (Å²) in [6.07, 6.45) is 0.826. The molecule has 3 N–H and O–H groups in total. The van der Waals surface area contributed by atoms with Crippen molar-refractivity contribution in [1.82, 2.24) is 5.32 Å². The van der Waals surface area contributed by atoms with E-state index in [2.05, 4.69) is 5.32 Å². The summed E-state index contributed by atoms with van der Waals surface area (Å²) in [5.74, 6) is -0.0318. The molecule has 0 radical (unpaired) electrons. The molecule has 1 rings (SSSR count). The highest BCUT2D eigenvalue weighted by Crippen LogP contribution is 2.15. The second kappa shape index (κ2) is 6.28. The Bertz CT molecular complexity index is 332. The van der Waals surface area contributed by atoms with Gasteiger partial charge in [-0.05, 0) is 32.4 Å². The minimum absolute atomic E-state index is 0.0669. The summed E-state index contributed by atoms with van der Waals surface area (Å²) in [5, 5.41) is 2.88. The lowest BCUT2D eigenvalue weighted by Gasteiger charge is -2.12. The van der Waals surface area contributed by atoms with Crippen LogP contribution in [0.4, 0.5) is 0 Å². The molecule has 0 saturated carbocycles. The second-order valence-electron chi connectivity index (χ2n) is 4.07. The Kier molecular flexibility index (Phi) is 4.99. The van der Waals surface area contributed by atoms with Crippen LogP contribution >= 0.6 is 0 Å². The first-order valence-electron chi connectivity index (χ1n) is 5.69. The zero-order chi connectivity index (χ0) is 12.0. The van der Waals surface area contributed by atoms with Crippen LogP contribution in [0.1, 0.15) is 30.4 Å². The Morgan fingerprint density at radius 2 is 2.00 bits per heavy atom. The van der Waals surface area contributed by atoms with Gasteiger partial charge in [0.25, 0.3) is 0 Å². The van der Waals surface area contributed by atoms with Crippen molar-refractivity contribution in [3.05, 3.63) is 35.4 Å². The van der Waals surface area contributed by atoms with E-state index >= 15 is 0 Å². The molecule has 16 heavy (non-hydrogen) atoms. The first-order valence-corrected chi connectivity index (χ1v) is 5.69. The number of hydrogen-bond acceptors (Lipinski definition) is 2. The third kappa shape index (κ3) is 3.66. The Labute approximate surface area is 97.0 Å². The summed E-state index contributed by atoms with van der Waals surface area (Å²) < 4.78 is 0. The smallest absolute Gasteiger partial charge is 0.227 e. The van der Waals surface area contributed by atoms with Gasteiger partial charge in [0, 0.05) is 6.54 Å². The Morgan fingerprint density at radius 3 is 2.56 bits per heavy atom. The number of nitrogens with two attached hydrogens (primary N) is 1. The van der Waals surface area contributed by atoms with E-state index in [4.69, 9.17) is 5.73 Å². The van der Waals surface area contributed by atoms with E-state index in [9.17, 15) is 4.79 Å². The molecule has 1 unspecified atom stereocenters. The van der Waals surface area contributed by atoms with Gasteiger partial charge in [-0.3, -0.25) is 4.79 Å². The molecule has 88 valence electrons. The molecule has 0 aliphatic carbocycles. The molecule has 0 aliphatic rings. The molecular formula is C13H20N2O. The highest BCUT2D eigenvalue weighted by molar-refractivity contribution is 5.83. The van der Waals surface area contributed by atoms with E-state index in [0.29, 0.717) is 13.1 Å². The summed E-state index contributed by atoms with van der Waals surface area (Å²) in [6.45, 7) is 5.23. The fraction of sp³-hybridized carbons (Fsp3) is 0.462. The van der Waals surface area contributed by atoms with Crippen LogP contribution in [0.15, 0.2) is 24.3 Å². The molecule has 1 amide bonds. The molecule has 0 saturated heterocycles. The summed E-state index contributed by atoms with van der Waals surface area (Å²) in [4.78, 5) is 11.8. The van der Waals surface area contributed by atoms with Crippen LogP contribution in [-0.2, 0) is 4.79 Å². The first-order chi connectivity index (χ1) is 7.65. The number of aryl methyl sites for hydroxylation is 1. The van der Waals surface area contributed by atoms with Gasteiger partial charge < -0.3 is 11.1 Å². The highest BCUT2D eigenvalue weighted by atomic mass is 16.1. The summed E-state index contributed by atoms with van der Waals surface area (Å²) in [5.41, 5.74) is 7.63. The van der Waals surface area contributed by atoms with Crippen LogP contribution in [-0.4, -0.2) is 19.0 Å². The van der Waals surface area contributed by atoms with E-state index in [1.54, 1.807) is 0 Å². The average molecular weight is 220 g/mol. The van der Waals surface area contributed by atoms with Crippen molar-refractivity contribution in [2.24, 2.45) is 5.73 Å². The van der Waals surface area contributed by atoms with Crippen molar-refractivity contribution < 1.29 is 4.79 Å². The zero-order valence-electron chi connectivity index (χ0n) is 9.99. The van der Waals surface area contributed by atoms with Gasteiger partial charge in [-0.25, -0.2) is 0 Å². The minimum Gasteiger partial charge on any atom is -0.356 e. The summed E-state index contributed by atoms with van der Waals surface area (Å²) >= 11 is 0. The predicted molar refractivity (Wildman–Crippen MR) is 66.3 cm³/mol. The Balaban J connectivity index is 2.53. The molecule has 0 aromatic heterocycles. The van der Waals surface area contributed by atoms with Gasteiger partial charge in [0.15, 0.2) is 0 Å². The molecule has 1 atom stereocenters. The fourth-order valence-electron chi connectivity index (χ4n) is 1.47. The first kappa shape index (κ1) is 12.7. The maximum atomic E-state index is 11.8. The maximum absolute atomic E-state index is 11.8. The molecule has 3 heteroatoms. The van der Waals surface area contributed by atoms with Crippen molar-refractivity contribution in [2.45, 2.75) is 26.2 Å². The number of benzene rings is 1. The molecule has 1 aromatic carbocycles. The van der Waals surface area contributed by atoms with Crippen molar-refractivity contribution >= 4 is 5.91 Å². The Morgan fingerprint density at radius 1 is 1.38 bits per heavy atom. The van der Waals surface area contributed by atoms with Gasteiger partial charge in [0.05, 0.1) is 5.92 Å². The molecular weight excluding hydrogens is 200 g/mol. The molecule has 3 nitrogen and oxygen atoms in total. The van der Waals surface area contributed by atoms with E-state index in [0.717, 1.165) is 12.0 Å². The van der Waals surface area contributed by atoms with Crippen LogP contribution in [0.25, 0.3) is 0 Å². The van der Waals surface area contributed by atoms with Gasteiger partial charge in [-0.15, -0.1) is 0 Å². The van der Waals surface area contributed by atoms with E-state index in [-0.39, 0.29) is 11.8 Å². The minimum atomic E-state index is -0.0987. The third-order valence-corrected chi connectivity index (χ3v) is 2.65. The van der Waals surface area contributed by atoms with Gasteiger partial charge >= 0.3 is 0 Å². The normalized spacial score (nSPS) is 12.2. The van der Waals surface area contributed by atoms with Crippen molar-refractivity contribution in [1.29, 1.82) is 0 Å².